The molecule has 1 aromatic carbocycles. The molecule has 4 nitrogen and oxygen atoms in total. The Morgan fingerprint density at radius 2 is 2.05 bits per heavy atom. The van der Waals surface area contributed by atoms with E-state index in [4.69, 9.17) is 4.74 Å². The lowest BCUT2D eigenvalue weighted by molar-refractivity contribution is -0.122. The predicted molar refractivity (Wildman–Crippen MR) is 89.6 cm³/mol. The van der Waals surface area contributed by atoms with E-state index in [1.165, 1.54) is 12.8 Å². The van der Waals surface area contributed by atoms with Crippen LogP contribution < -0.4 is 15.4 Å². The van der Waals surface area contributed by atoms with Crippen LogP contribution in [0.1, 0.15) is 50.1 Å². The van der Waals surface area contributed by atoms with Crippen LogP contribution in [0.4, 0.5) is 0 Å². The van der Waals surface area contributed by atoms with E-state index >= 15 is 0 Å². The van der Waals surface area contributed by atoms with Crippen LogP contribution in [-0.2, 0) is 4.79 Å². The van der Waals surface area contributed by atoms with Crippen molar-refractivity contribution in [2.24, 2.45) is 0 Å². The van der Waals surface area contributed by atoms with Crippen LogP contribution >= 0.6 is 12.4 Å². The van der Waals surface area contributed by atoms with Crippen molar-refractivity contribution in [1.82, 2.24) is 10.6 Å². The highest BCUT2D eigenvalue weighted by Gasteiger charge is 2.43. The van der Waals surface area contributed by atoms with Crippen molar-refractivity contribution in [2.45, 2.75) is 50.2 Å². The Kier molecular flexibility index (Phi) is 5.70. The number of benzene rings is 1. The van der Waals surface area contributed by atoms with Gasteiger partial charge in [-0.1, -0.05) is 18.2 Å². The van der Waals surface area contributed by atoms with Crippen molar-refractivity contribution in [3.63, 3.8) is 0 Å². The third kappa shape index (κ3) is 3.55. The minimum absolute atomic E-state index is 0. The molecule has 22 heavy (non-hydrogen) atoms. The summed E-state index contributed by atoms with van der Waals surface area (Å²) in [6.07, 6.45) is 6.07. The van der Waals surface area contributed by atoms with Crippen LogP contribution in [0.3, 0.4) is 0 Å². The molecule has 1 atom stereocenters. The minimum atomic E-state index is -0.0602. The van der Waals surface area contributed by atoms with E-state index < -0.39 is 0 Å². The van der Waals surface area contributed by atoms with Crippen LogP contribution in [0.15, 0.2) is 24.3 Å². The van der Waals surface area contributed by atoms with Gasteiger partial charge in [0.15, 0.2) is 0 Å². The number of nitrogens with one attached hydrogen (secondary N) is 2. The van der Waals surface area contributed by atoms with Crippen molar-refractivity contribution in [2.75, 3.05) is 13.6 Å². The second-order valence-electron chi connectivity index (χ2n) is 6.21. The van der Waals surface area contributed by atoms with Crippen LogP contribution in [0.2, 0.25) is 0 Å². The Labute approximate surface area is 138 Å². The summed E-state index contributed by atoms with van der Waals surface area (Å²) in [6.45, 7) is 0.710. The van der Waals surface area contributed by atoms with E-state index in [9.17, 15) is 4.79 Å². The number of amides is 1. The number of carbonyl (C=O) groups excluding carboxylic acids is 1. The topological polar surface area (TPSA) is 50.4 Å². The Morgan fingerprint density at radius 1 is 1.32 bits per heavy atom. The molecule has 1 amide bonds. The van der Waals surface area contributed by atoms with Crippen molar-refractivity contribution in [3.05, 3.63) is 29.8 Å². The molecule has 3 rings (SSSR count). The highest BCUT2D eigenvalue weighted by atomic mass is 35.5. The number of hydrogen-bond acceptors (Lipinski definition) is 3. The zero-order valence-corrected chi connectivity index (χ0v) is 13.9. The molecule has 0 radical (unpaired) electrons. The second-order valence-corrected chi connectivity index (χ2v) is 6.21. The van der Waals surface area contributed by atoms with E-state index in [0.717, 1.165) is 30.6 Å². The summed E-state index contributed by atoms with van der Waals surface area (Å²) in [6, 6.07) is 8.20. The van der Waals surface area contributed by atoms with Gasteiger partial charge >= 0.3 is 0 Å². The Bertz CT molecular complexity index is 515. The van der Waals surface area contributed by atoms with Crippen molar-refractivity contribution >= 4 is 18.3 Å². The standard InChI is InChI=1S/C17H24N2O2.ClH/c1-18-11-8-16(20)19-14-12-17(9-4-5-10-17)21-15-7-3-2-6-13(14)15;/h2-3,6-7,14,18H,4-5,8-12H2,1H3,(H,19,20);1H. The van der Waals surface area contributed by atoms with E-state index in [0.29, 0.717) is 13.0 Å². The maximum absolute atomic E-state index is 12.1. The molecule has 1 aliphatic heterocycles. The maximum Gasteiger partial charge on any atom is 0.221 e. The quantitative estimate of drug-likeness (QED) is 0.895. The monoisotopic (exact) mass is 324 g/mol. The fourth-order valence-electron chi connectivity index (χ4n) is 3.58. The van der Waals surface area contributed by atoms with Crippen LogP contribution in [0, 0.1) is 0 Å². The lowest BCUT2D eigenvalue weighted by Crippen LogP contribution is -2.43. The van der Waals surface area contributed by atoms with Gasteiger partial charge in [-0.2, -0.15) is 0 Å². The normalized spacial score (nSPS) is 21.6. The second kappa shape index (κ2) is 7.34. The van der Waals surface area contributed by atoms with Gasteiger partial charge in [0, 0.05) is 24.9 Å². The highest BCUT2D eigenvalue weighted by Crippen LogP contribution is 2.46. The number of para-hydroxylation sites is 1. The average Bonchev–Trinajstić information content (AvgIpc) is 2.92. The molecular formula is C17H25ClN2O2. The van der Waals surface area contributed by atoms with Gasteiger partial charge in [0.2, 0.25) is 5.91 Å². The fraction of sp³-hybridized carbons (Fsp3) is 0.588. The predicted octanol–water partition coefficient (Wildman–Crippen LogP) is 2.97. The Balaban J connectivity index is 0.00000176. The maximum atomic E-state index is 12.1. The zero-order valence-electron chi connectivity index (χ0n) is 13.1. The first-order chi connectivity index (χ1) is 10.2. The molecule has 1 aliphatic carbocycles. The minimum Gasteiger partial charge on any atom is -0.487 e. The first kappa shape index (κ1) is 17.1. The van der Waals surface area contributed by atoms with Gasteiger partial charge in [0.05, 0.1) is 6.04 Å². The number of halogens is 1. The molecule has 1 saturated carbocycles. The third-order valence-corrected chi connectivity index (χ3v) is 4.65. The molecule has 1 spiro atoms. The number of ether oxygens (including phenoxy) is 1. The summed E-state index contributed by atoms with van der Waals surface area (Å²) in [7, 11) is 1.87. The largest absolute Gasteiger partial charge is 0.487 e. The summed E-state index contributed by atoms with van der Waals surface area (Å²) < 4.78 is 6.31. The Hall–Kier alpha value is -1.26. The van der Waals surface area contributed by atoms with Crippen molar-refractivity contribution < 1.29 is 9.53 Å². The van der Waals surface area contributed by atoms with Gasteiger partial charge in [-0.05, 0) is 38.8 Å². The molecule has 0 bridgehead atoms. The van der Waals surface area contributed by atoms with E-state index in [-0.39, 0.29) is 30.0 Å². The van der Waals surface area contributed by atoms with Crippen LogP contribution in [-0.4, -0.2) is 25.1 Å². The van der Waals surface area contributed by atoms with Gasteiger partial charge in [-0.15, -0.1) is 12.4 Å². The van der Waals surface area contributed by atoms with E-state index in [1.807, 2.05) is 25.2 Å². The summed E-state index contributed by atoms with van der Waals surface area (Å²) in [5.41, 5.74) is 1.06. The van der Waals surface area contributed by atoms with E-state index in [2.05, 4.69) is 16.7 Å². The first-order valence-electron chi connectivity index (χ1n) is 7.94. The Morgan fingerprint density at radius 3 is 2.77 bits per heavy atom. The number of rotatable bonds is 4. The number of hydrogen-bond donors (Lipinski definition) is 2. The summed E-state index contributed by atoms with van der Waals surface area (Å²) in [4.78, 5) is 12.1. The molecule has 1 unspecified atom stereocenters. The van der Waals surface area contributed by atoms with Gasteiger partial charge < -0.3 is 15.4 Å². The fourth-order valence-corrected chi connectivity index (χ4v) is 3.58. The van der Waals surface area contributed by atoms with Crippen molar-refractivity contribution in [3.8, 4) is 5.75 Å². The lowest BCUT2D eigenvalue weighted by atomic mass is 9.86. The molecule has 0 aromatic heterocycles. The summed E-state index contributed by atoms with van der Waals surface area (Å²) in [5.74, 6) is 1.06. The highest BCUT2D eigenvalue weighted by molar-refractivity contribution is 5.85. The molecule has 122 valence electrons. The lowest BCUT2D eigenvalue weighted by Gasteiger charge is -2.40. The third-order valence-electron chi connectivity index (χ3n) is 4.65. The van der Waals surface area contributed by atoms with Gasteiger partial charge in [-0.3, -0.25) is 4.79 Å². The molecule has 2 N–H and O–H groups in total. The van der Waals surface area contributed by atoms with Crippen molar-refractivity contribution in [1.29, 1.82) is 0 Å². The van der Waals surface area contributed by atoms with Crippen LogP contribution in [0.5, 0.6) is 5.75 Å². The summed E-state index contributed by atoms with van der Waals surface area (Å²) in [5, 5.41) is 6.22. The van der Waals surface area contributed by atoms with E-state index in [1.54, 1.807) is 0 Å². The smallest absolute Gasteiger partial charge is 0.221 e. The first-order valence-corrected chi connectivity index (χ1v) is 7.94. The van der Waals surface area contributed by atoms with Gasteiger partial charge in [0.25, 0.3) is 0 Å². The molecule has 0 saturated heterocycles. The SMILES string of the molecule is CNCCC(=O)NC1CC2(CCCC2)Oc2ccccc21.Cl. The number of carbonyl (C=O) groups is 1. The summed E-state index contributed by atoms with van der Waals surface area (Å²) >= 11 is 0. The van der Waals surface area contributed by atoms with Crippen LogP contribution in [0.25, 0.3) is 0 Å². The van der Waals surface area contributed by atoms with Gasteiger partial charge in [0.1, 0.15) is 11.4 Å². The average molecular weight is 325 g/mol. The molecule has 1 heterocycles. The molecular weight excluding hydrogens is 300 g/mol. The van der Waals surface area contributed by atoms with Gasteiger partial charge in [-0.25, -0.2) is 0 Å². The molecule has 1 fully saturated rings. The number of fused-ring (bicyclic) bond motifs is 1. The molecule has 2 aliphatic rings. The zero-order chi connectivity index (χ0) is 14.7. The molecule has 5 heteroatoms. The molecule has 1 aromatic rings.